The minimum Gasteiger partial charge on any atom is -0.348 e. The highest BCUT2D eigenvalue weighted by atomic mass is 19.1. The first-order valence-corrected chi connectivity index (χ1v) is 7.11. The Morgan fingerprint density at radius 2 is 1.87 bits per heavy atom. The predicted octanol–water partition coefficient (Wildman–Crippen LogP) is 3.11. The van der Waals surface area contributed by atoms with E-state index in [2.05, 4.69) is 10.6 Å². The van der Waals surface area contributed by atoms with Crippen molar-refractivity contribution in [3.8, 4) is 0 Å². The summed E-state index contributed by atoms with van der Waals surface area (Å²) in [7, 11) is 0. The molecule has 2 aromatic carbocycles. The minimum absolute atomic E-state index is 0.134. The third-order valence-electron chi connectivity index (χ3n) is 3.01. The van der Waals surface area contributed by atoms with Gasteiger partial charge in [-0.25, -0.2) is 4.39 Å². The number of hydrogen-bond donors (Lipinski definition) is 2. The lowest BCUT2D eigenvalue weighted by molar-refractivity contribution is -0.116. The number of benzene rings is 2. The number of hydrogen-bond acceptors (Lipinski definition) is 2. The molecule has 5 heteroatoms. The van der Waals surface area contributed by atoms with Gasteiger partial charge in [0.25, 0.3) is 0 Å². The van der Waals surface area contributed by atoms with Crippen LogP contribution >= 0.6 is 0 Å². The first-order chi connectivity index (χ1) is 11.0. The molecular weight excluding hydrogens is 295 g/mol. The first-order valence-electron chi connectivity index (χ1n) is 7.11. The van der Waals surface area contributed by atoms with Gasteiger partial charge in [-0.05, 0) is 41.5 Å². The number of carbonyl (C=O) groups excluding carboxylic acids is 2. The molecule has 0 saturated heterocycles. The van der Waals surface area contributed by atoms with Crippen LogP contribution in [0.1, 0.15) is 18.1 Å². The standard InChI is InChI=1S/C18H17FN2O2/c1-13(22)21-17-8-5-14(6-9-17)7-10-18(23)20-12-15-3-2-4-16(19)11-15/h2-11H,12H2,1H3,(H,20,23)(H,21,22)/b10-7+. The molecule has 0 unspecified atom stereocenters. The Hall–Kier alpha value is -2.95. The maximum atomic E-state index is 13.0. The maximum absolute atomic E-state index is 13.0. The van der Waals surface area contributed by atoms with Crippen LogP contribution in [0.2, 0.25) is 0 Å². The zero-order chi connectivity index (χ0) is 16.7. The molecule has 0 spiro atoms. The van der Waals surface area contributed by atoms with Gasteiger partial charge < -0.3 is 10.6 Å². The normalized spacial score (nSPS) is 10.5. The van der Waals surface area contributed by atoms with Crippen molar-refractivity contribution >= 4 is 23.6 Å². The zero-order valence-corrected chi connectivity index (χ0v) is 12.7. The number of rotatable bonds is 5. The summed E-state index contributed by atoms with van der Waals surface area (Å²) in [6, 6.07) is 13.2. The highest BCUT2D eigenvalue weighted by molar-refractivity contribution is 5.92. The summed E-state index contributed by atoms with van der Waals surface area (Å²) in [5, 5.41) is 5.35. The molecule has 0 bridgehead atoms. The zero-order valence-electron chi connectivity index (χ0n) is 12.7. The van der Waals surface area contributed by atoms with Crippen molar-refractivity contribution in [2.24, 2.45) is 0 Å². The average molecular weight is 312 g/mol. The molecule has 2 amide bonds. The second-order valence-corrected chi connectivity index (χ2v) is 4.98. The van der Waals surface area contributed by atoms with Crippen molar-refractivity contribution in [2.45, 2.75) is 13.5 Å². The van der Waals surface area contributed by atoms with Crippen LogP contribution in [-0.2, 0) is 16.1 Å². The lowest BCUT2D eigenvalue weighted by Crippen LogP contribution is -2.20. The van der Waals surface area contributed by atoms with Crippen LogP contribution in [0.3, 0.4) is 0 Å². The molecule has 2 rings (SSSR count). The van der Waals surface area contributed by atoms with Crippen LogP contribution < -0.4 is 10.6 Å². The van der Waals surface area contributed by atoms with Crippen molar-refractivity contribution in [2.75, 3.05) is 5.32 Å². The van der Waals surface area contributed by atoms with E-state index in [1.807, 2.05) is 0 Å². The fourth-order valence-corrected chi connectivity index (χ4v) is 1.95. The fourth-order valence-electron chi connectivity index (χ4n) is 1.95. The molecule has 0 aliphatic heterocycles. The number of anilines is 1. The number of amides is 2. The van der Waals surface area contributed by atoms with Crippen LogP contribution in [0.25, 0.3) is 6.08 Å². The predicted molar refractivity (Wildman–Crippen MR) is 88.0 cm³/mol. The van der Waals surface area contributed by atoms with Gasteiger partial charge in [-0.15, -0.1) is 0 Å². The molecule has 0 saturated carbocycles. The third kappa shape index (κ3) is 5.74. The van der Waals surface area contributed by atoms with Crippen LogP contribution in [0.4, 0.5) is 10.1 Å². The quantitative estimate of drug-likeness (QED) is 0.833. The van der Waals surface area contributed by atoms with Gasteiger partial charge in [0.1, 0.15) is 5.82 Å². The average Bonchev–Trinajstić information content (AvgIpc) is 2.52. The topological polar surface area (TPSA) is 58.2 Å². The second kappa shape index (κ2) is 7.89. The third-order valence-corrected chi connectivity index (χ3v) is 3.01. The smallest absolute Gasteiger partial charge is 0.244 e. The van der Waals surface area contributed by atoms with E-state index in [9.17, 15) is 14.0 Å². The van der Waals surface area contributed by atoms with Gasteiger partial charge in [-0.3, -0.25) is 9.59 Å². The van der Waals surface area contributed by atoms with E-state index in [1.54, 1.807) is 42.5 Å². The number of carbonyl (C=O) groups is 2. The van der Waals surface area contributed by atoms with E-state index in [0.717, 1.165) is 5.56 Å². The van der Waals surface area contributed by atoms with Gasteiger partial charge in [0.05, 0.1) is 0 Å². The van der Waals surface area contributed by atoms with E-state index < -0.39 is 0 Å². The Kier molecular flexibility index (Phi) is 5.63. The van der Waals surface area contributed by atoms with Crippen LogP contribution in [0, 0.1) is 5.82 Å². The molecule has 23 heavy (non-hydrogen) atoms. The van der Waals surface area contributed by atoms with Crippen LogP contribution in [0.5, 0.6) is 0 Å². The molecule has 0 atom stereocenters. The summed E-state index contributed by atoms with van der Waals surface area (Å²) in [6.45, 7) is 1.71. The largest absolute Gasteiger partial charge is 0.348 e. The number of nitrogens with one attached hydrogen (secondary N) is 2. The van der Waals surface area contributed by atoms with Gasteiger partial charge in [0, 0.05) is 25.2 Å². The van der Waals surface area contributed by atoms with Crippen LogP contribution in [-0.4, -0.2) is 11.8 Å². The Labute approximate surface area is 134 Å². The molecule has 2 N–H and O–H groups in total. The Bertz CT molecular complexity index is 724. The molecule has 0 aliphatic carbocycles. The van der Waals surface area contributed by atoms with E-state index >= 15 is 0 Å². The van der Waals surface area contributed by atoms with Gasteiger partial charge in [-0.2, -0.15) is 0 Å². The van der Waals surface area contributed by atoms with Gasteiger partial charge in [-0.1, -0.05) is 24.3 Å². The van der Waals surface area contributed by atoms with Crippen molar-refractivity contribution in [3.05, 3.63) is 71.6 Å². The molecule has 0 heterocycles. The number of halogens is 1. The molecule has 0 radical (unpaired) electrons. The summed E-state index contributed by atoms with van der Waals surface area (Å²) in [6.07, 6.45) is 3.07. The monoisotopic (exact) mass is 312 g/mol. The molecule has 2 aromatic rings. The summed E-state index contributed by atoms with van der Waals surface area (Å²) in [5.74, 6) is -0.725. The van der Waals surface area contributed by atoms with Crippen molar-refractivity contribution in [1.82, 2.24) is 5.32 Å². The molecule has 0 aromatic heterocycles. The Morgan fingerprint density at radius 1 is 1.13 bits per heavy atom. The van der Waals surface area contributed by atoms with Crippen LogP contribution in [0.15, 0.2) is 54.6 Å². The SMILES string of the molecule is CC(=O)Nc1ccc(/C=C/C(=O)NCc2cccc(F)c2)cc1. The minimum atomic E-state index is -0.327. The highest BCUT2D eigenvalue weighted by Gasteiger charge is 1.99. The second-order valence-electron chi connectivity index (χ2n) is 4.98. The Balaban J connectivity index is 1.86. The molecule has 4 nitrogen and oxygen atoms in total. The van der Waals surface area contributed by atoms with E-state index in [-0.39, 0.29) is 24.2 Å². The molecule has 118 valence electrons. The lowest BCUT2D eigenvalue weighted by Gasteiger charge is -2.03. The molecule has 0 fully saturated rings. The van der Waals surface area contributed by atoms with Gasteiger partial charge >= 0.3 is 0 Å². The molecule has 0 aliphatic rings. The summed E-state index contributed by atoms with van der Waals surface area (Å²) in [4.78, 5) is 22.7. The van der Waals surface area contributed by atoms with E-state index in [0.29, 0.717) is 11.3 Å². The van der Waals surface area contributed by atoms with Gasteiger partial charge in [0.15, 0.2) is 0 Å². The van der Waals surface area contributed by atoms with E-state index in [4.69, 9.17) is 0 Å². The summed E-state index contributed by atoms with van der Waals surface area (Å²) in [5.41, 5.74) is 2.23. The lowest BCUT2D eigenvalue weighted by atomic mass is 10.2. The van der Waals surface area contributed by atoms with Crippen molar-refractivity contribution < 1.29 is 14.0 Å². The summed E-state index contributed by atoms with van der Waals surface area (Å²) < 4.78 is 13.0. The molecular formula is C18H17FN2O2. The van der Waals surface area contributed by atoms with Gasteiger partial charge in [0.2, 0.25) is 11.8 Å². The maximum Gasteiger partial charge on any atom is 0.244 e. The van der Waals surface area contributed by atoms with Crippen molar-refractivity contribution in [3.63, 3.8) is 0 Å². The van der Waals surface area contributed by atoms with Crippen molar-refractivity contribution in [1.29, 1.82) is 0 Å². The highest BCUT2D eigenvalue weighted by Crippen LogP contribution is 2.10. The van der Waals surface area contributed by atoms with E-state index in [1.165, 1.54) is 25.1 Å². The first kappa shape index (κ1) is 16.4. The fraction of sp³-hybridized carbons (Fsp3) is 0.111. The Morgan fingerprint density at radius 3 is 2.52 bits per heavy atom. The summed E-state index contributed by atoms with van der Waals surface area (Å²) >= 11 is 0.